The standard InChI is InChI=1S/C25H34N4OS/c1-16(2)27-24(30)25(5,15-29-9-7-26-8-10-29)21-20-6-11-31-23(20)28-22(21)19-13-17(3)12-18(4)14-19/h6,11-14,16,26,28H,7-10,15H2,1-5H3,(H,27,30). The molecular formula is C25H34N4OS. The van der Waals surface area contributed by atoms with Crippen LogP contribution in [0.5, 0.6) is 0 Å². The molecule has 1 fully saturated rings. The van der Waals surface area contributed by atoms with E-state index in [4.69, 9.17) is 0 Å². The van der Waals surface area contributed by atoms with Gasteiger partial charge in [-0.05, 0) is 63.8 Å². The molecule has 4 rings (SSSR count). The van der Waals surface area contributed by atoms with E-state index in [0.717, 1.165) is 53.2 Å². The van der Waals surface area contributed by atoms with Crippen LogP contribution in [0, 0.1) is 13.8 Å². The highest BCUT2D eigenvalue weighted by atomic mass is 32.1. The zero-order valence-electron chi connectivity index (χ0n) is 19.3. The highest BCUT2D eigenvalue weighted by Crippen LogP contribution is 2.42. The first-order valence-electron chi connectivity index (χ1n) is 11.2. The zero-order valence-corrected chi connectivity index (χ0v) is 20.1. The van der Waals surface area contributed by atoms with Crippen molar-refractivity contribution >= 4 is 27.5 Å². The van der Waals surface area contributed by atoms with E-state index >= 15 is 0 Å². The summed E-state index contributed by atoms with van der Waals surface area (Å²) in [6, 6.07) is 8.89. The topological polar surface area (TPSA) is 60.2 Å². The van der Waals surface area contributed by atoms with E-state index in [1.54, 1.807) is 11.3 Å². The number of amides is 1. The number of aromatic nitrogens is 1. The van der Waals surface area contributed by atoms with Crippen molar-refractivity contribution in [1.82, 2.24) is 20.5 Å². The van der Waals surface area contributed by atoms with Crippen molar-refractivity contribution in [2.75, 3.05) is 32.7 Å². The molecule has 166 valence electrons. The monoisotopic (exact) mass is 438 g/mol. The van der Waals surface area contributed by atoms with Crippen molar-refractivity contribution < 1.29 is 4.79 Å². The first-order valence-corrected chi connectivity index (χ1v) is 12.1. The van der Waals surface area contributed by atoms with Crippen LogP contribution < -0.4 is 10.6 Å². The van der Waals surface area contributed by atoms with E-state index in [2.05, 4.69) is 70.9 Å². The molecule has 0 aliphatic carbocycles. The largest absolute Gasteiger partial charge is 0.353 e. The number of carbonyl (C=O) groups is 1. The lowest BCUT2D eigenvalue weighted by Gasteiger charge is -2.37. The molecule has 0 radical (unpaired) electrons. The van der Waals surface area contributed by atoms with E-state index in [0.29, 0.717) is 6.54 Å². The fraction of sp³-hybridized carbons (Fsp3) is 0.480. The molecule has 2 aromatic heterocycles. The number of aromatic amines is 1. The Morgan fingerprint density at radius 1 is 1.19 bits per heavy atom. The highest BCUT2D eigenvalue weighted by Gasteiger charge is 2.42. The smallest absolute Gasteiger partial charge is 0.231 e. The molecule has 5 nitrogen and oxygen atoms in total. The number of thiophene rings is 1. The molecule has 1 unspecified atom stereocenters. The van der Waals surface area contributed by atoms with Crippen LogP contribution in [0.25, 0.3) is 21.5 Å². The number of benzene rings is 1. The number of carbonyl (C=O) groups excluding carboxylic acids is 1. The Balaban J connectivity index is 1.89. The van der Waals surface area contributed by atoms with Gasteiger partial charge in [-0.3, -0.25) is 9.69 Å². The lowest BCUT2D eigenvalue weighted by Crippen LogP contribution is -2.54. The van der Waals surface area contributed by atoms with Gasteiger partial charge in [0.2, 0.25) is 5.91 Å². The summed E-state index contributed by atoms with van der Waals surface area (Å²) >= 11 is 1.70. The maximum Gasteiger partial charge on any atom is 0.231 e. The SMILES string of the molecule is Cc1cc(C)cc(-c2[nH]c3sccc3c2C(C)(CN2CCNCC2)C(=O)NC(C)C)c1. The summed E-state index contributed by atoms with van der Waals surface area (Å²) in [7, 11) is 0. The van der Waals surface area contributed by atoms with Gasteiger partial charge in [0.05, 0.1) is 11.1 Å². The molecule has 1 aliphatic heterocycles. The number of piperazine rings is 1. The molecule has 1 amide bonds. The molecule has 1 aliphatic rings. The van der Waals surface area contributed by atoms with E-state index < -0.39 is 5.41 Å². The molecule has 6 heteroatoms. The van der Waals surface area contributed by atoms with Gasteiger partial charge in [-0.15, -0.1) is 11.3 Å². The van der Waals surface area contributed by atoms with Gasteiger partial charge < -0.3 is 15.6 Å². The molecule has 1 saturated heterocycles. The molecule has 3 aromatic rings. The summed E-state index contributed by atoms with van der Waals surface area (Å²) in [6.07, 6.45) is 0. The van der Waals surface area contributed by atoms with Gasteiger partial charge in [-0.25, -0.2) is 0 Å². The summed E-state index contributed by atoms with van der Waals surface area (Å²) in [5.74, 6) is 0.0961. The van der Waals surface area contributed by atoms with Gasteiger partial charge in [-0.2, -0.15) is 0 Å². The van der Waals surface area contributed by atoms with Crippen molar-refractivity contribution in [2.45, 2.75) is 46.1 Å². The van der Waals surface area contributed by atoms with Crippen LogP contribution in [0.3, 0.4) is 0 Å². The number of nitrogens with one attached hydrogen (secondary N) is 3. The molecule has 1 atom stereocenters. The Morgan fingerprint density at radius 3 is 2.52 bits per heavy atom. The van der Waals surface area contributed by atoms with Crippen LogP contribution in [0.4, 0.5) is 0 Å². The van der Waals surface area contributed by atoms with E-state index in [1.807, 2.05) is 13.8 Å². The first kappa shape index (κ1) is 22.1. The predicted octanol–water partition coefficient (Wildman–Crippen LogP) is 4.20. The molecule has 3 N–H and O–H groups in total. The summed E-state index contributed by atoms with van der Waals surface area (Å²) < 4.78 is 0. The highest BCUT2D eigenvalue weighted by molar-refractivity contribution is 7.16. The van der Waals surface area contributed by atoms with Crippen LogP contribution in [-0.4, -0.2) is 54.6 Å². The summed E-state index contributed by atoms with van der Waals surface area (Å²) in [5.41, 5.74) is 5.13. The van der Waals surface area contributed by atoms with Crippen LogP contribution in [-0.2, 0) is 10.2 Å². The lowest BCUT2D eigenvalue weighted by atomic mass is 9.77. The number of nitrogens with zero attached hydrogens (tertiary/aromatic N) is 1. The summed E-state index contributed by atoms with van der Waals surface area (Å²) in [6.45, 7) is 15.0. The Morgan fingerprint density at radius 2 is 1.87 bits per heavy atom. The average molecular weight is 439 g/mol. The Bertz CT molecular complexity index is 1060. The molecule has 0 saturated carbocycles. The van der Waals surface area contributed by atoms with Crippen LogP contribution in [0.1, 0.15) is 37.5 Å². The maximum atomic E-state index is 13.8. The quantitative estimate of drug-likeness (QED) is 0.541. The molecule has 0 bridgehead atoms. The maximum absolute atomic E-state index is 13.8. The summed E-state index contributed by atoms with van der Waals surface area (Å²) in [5, 5.41) is 9.93. The number of rotatable bonds is 6. The fourth-order valence-corrected chi connectivity index (χ4v) is 5.62. The second-order valence-electron chi connectivity index (χ2n) is 9.40. The van der Waals surface area contributed by atoms with Gasteiger partial charge in [0.1, 0.15) is 4.83 Å². The molecular weight excluding hydrogens is 404 g/mol. The van der Waals surface area contributed by atoms with Crippen molar-refractivity contribution in [1.29, 1.82) is 0 Å². The van der Waals surface area contributed by atoms with Crippen LogP contribution in [0.2, 0.25) is 0 Å². The number of aryl methyl sites for hydroxylation is 2. The van der Waals surface area contributed by atoms with Crippen LogP contribution >= 0.6 is 11.3 Å². The van der Waals surface area contributed by atoms with Crippen LogP contribution in [0.15, 0.2) is 29.6 Å². The Labute approximate surface area is 189 Å². The minimum atomic E-state index is -0.673. The Kier molecular flexibility index (Phi) is 6.24. The van der Waals surface area contributed by atoms with Crippen molar-refractivity contribution in [3.8, 4) is 11.3 Å². The van der Waals surface area contributed by atoms with Gasteiger partial charge in [0.15, 0.2) is 0 Å². The van der Waals surface area contributed by atoms with Gasteiger partial charge in [0.25, 0.3) is 0 Å². The van der Waals surface area contributed by atoms with Crippen molar-refractivity contribution in [2.24, 2.45) is 0 Å². The normalized spacial score (nSPS) is 17.2. The molecule has 3 heterocycles. The Hall–Kier alpha value is -2.15. The second-order valence-corrected chi connectivity index (χ2v) is 10.3. The van der Waals surface area contributed by atoms with Crippen molar-refractivity contribution in [3.05, 3.63) is 46.3 Å². The van der Waals surface area contributed by atoms with E-state index in [-0.39, 0.29) is 11.9 Å². The summed E-state index contributed by atoms with van der Waals surface area (Å²) in [4.78, 5) is 21.0. The number of fused-ring (bicyclic) bond motifs is 1. The third-order valence-electron chi connectivity index (χ3n) is 6.16. The van der Waals surface area contributed by atoms with Gasteiger partial charge in [0, 0.05) is 49.7 Å². The average Bonchev–Trinajstić information content (AvgIpc) is 3.28. The number of hydrogen-bond donors (Lipinski definition) is 3. The first-order chi connectivity index (χ1) is 14.8. The zero-order chi connectivity index (χ0) is 22.2. The third kappa shape index (κ3) is 4.43. The molecule has 31 heavy (non-hydrogen) atoms. The van der Waals surface area contributed by atoms with Gasteiger partial charge >= 0.3 is 0 Å². The van der Waals surface area contributed by atoms with E-state index in [9.17, 15) is 4.79 Å². The van der Waals surface area contributed by atoms with E-state index in [1.165, 1.54) is 11.1 Å². The fourth-order valence-electron chi connectivity index (χ4n) is 4.82. The van der Waals surface area contributed by atoms with Crippen molar-refractivity contribution in [3.63, 3.8) is 0 Å². The second kappa shape index (κ2) is 8.77. The number of H-pyrrole nitrogens is 1. The predicted molar refractivity (Wildman–Crippen MR) is 131 cm³/mol. The minimum Gasteiger partial charge on any atom is -0.353 e. The molecule has 1 aromatic carbocycles. The minimum absolute atomic E-state index is 0.0939. The van der Waals surface area contributed by atoms with Gasteiger partial charge in [-0.1, -0.05) is 17.2 Å². The third-order valence-corrected chi connectivity index (χ3v) is 6.99. The molecule has 0 spiro atoms. The number of hydrogen-bond acceptors (Lipinski definition) is 4. The lowest BCUT2D eigenvalue weighted by molar-refractivity contribution is -0.127.